The lowest BCUT2D eigenvalue weighted by Gasteiger charge is -2.34. The Morgan fingerprint density at radius 2 is 1.69 bits per heavy atom. The van der Waals surface area contributed by atoms with E-state index in [1.807, 2.05) is 64.1 Å². The fourth-order valence-corrected chi connectivity index (χ4v) is 9.70. The number of hydrogen-bond acceptors (Lipinski definition) is 10. The van der Waals surface area contributed by atoms with Gasteiger partial charge in [-0.3, -0.25) is 4.90 Å². The quantitative estimate of drug-likeness (QED) is 0.153. The third-order valence-corrected chi connectivity index (χ3v) is 12.6. The molecule has 0 radical (unpaired) electrons. The molecule has 4 aliphatic rings. The first kappa shape index (κ1) is 37.5. The standard InChI is InChI=1S/C42H48N2O10S/c1-27(2)22-43(55(46,47)33-15-16-36-37(21-33)52-26-51-36)23-38-35(44(42(3,4)54-38)41(45)53-39-25-50-40-34(39)17-18-48-40)20-28-10-13-32(14-11-28)49-24-29-9-12-30-7-5-6-8-31(30)19-29/h5-16,19,21,27,34-35,38-40H,17-18,20,22-26H2,1-4H3/t34-,35?,38+,39?,40+/m1/s1. The normalized spacial score (nSPS) is 24.2. The zero-order chi connectivity index (χ0) is 38.3. The summed E-state index contributed by atoms with van der Waals surface area (Å²) in [5.41, 5.74) is 0.872. The Morgan fingerprint density at radius 3 is 2.49 bits per heavy atom. The summed E-state index contributed by atoms with van der Waals surface area (Å²) in [5, 5.41) is 2.34. The molecule has 0 spiro atoms. The molecule has 0 aromatic heterocycles. The molecule has 0 bridgehead atoms. The maximum atomic E-state index is 14.3. The number of benzene rings is 4. The summed E-state index contributed by atoms with van der Waals surface area (Å²) in [4.78, 5) is 16.0. The van der Waals surface area contributed by atoms with Gasteiger partial charge in [0.15, 0.2) is 17.8 Å². The molecule has 4 heterocycles. The number of carbonyl (C=O) groups is 1. The topological polar surface area (TPSA) is 122 Å². The molecule has 0 N–H and O–H groups in total. The zero-order valence-corrected chi connectivity index (χ0v) is 32.4. The van der Waals surface area contributed by atoms with Gasteiger partial charge in [0.2, 0.25) is 16.8 Å². The van der Waals surface area contributed by atoms with Crippen molar-refractivity contribution in [3.63, 3.8) is 0 Å². The van der Waals surface area contributed by atoms with E-state index >= 15 is 0 Å². The average molecular weight is 773 g/mol. The van der Waals surface area contributed by atoms with Crippen LogP contribution >= 0.6 is 0 Å². The first-order valence-electron chi connectivity index (χ1n) is 18.9. The minimum Gasteiger partial charge on any atom is -0.489 e. The van der Waals surface area contributed by atoms with Crippen LogP contribution in [0.25, 0.3) is 10.8 Å². The molecule has 4 aliphatic heterocycles. The summed E-state index contributed by atoms with van der Waals surface area (Å²) in [6, 6.07) is 26.4. The van der Waals surface area contributed by atoms with E-state index in [0.29, 0.717) is 36.9 Å². The fourth-order valence-electron chi connectivity index (χ4n) is 8.07. The van der Waals surface area contributed by atoms with Crippen molar-refractivity contribution in [3.05, 3.63) is 96.1 Å². The largest absolute Gasteiger partial charge is 0.489 e. The third kappa shape index (κ3) is 7.86. The van der Waals surface area contributed by atoms with Crippen molar-refractivity contribution in [2.75, 3.05) is 33.1 Å². The molecule has 2 unspecified atom stereocenters. The molecule has 13 heteroatoms. The van der Waals surface area contributed by atoms with Crippen LogP contribution in [0.3, 0.4) is 0 Å². The van der Waals surface area contributed by atoms with Gasteiger partial charge in [-0.25, -0.2) is 13.2 Å². The van der Waals surface area contributed by atoms with Crippen molar-refractivity contribution in [1.82, 2.24) is 9.21 Å². The molecule has 1 amide bonds. The van der Waals surface area contributed by atoms with Gasteiger partial charge in [0, 0.05) is 19.2 Å². The van der Waals surface area contributed by atoms with E-state index in [-0.39, 0.29) is 49.5 Å². The highest BCUT2D eigenvalue weighted by Gasteiger charge is 2.53. The Hall–Kier alpha value is -4.40. The van der Waals surface area contributed by atoms with Gasteiger partial charge in [-0.15, -0.1) is 0 Å². The number of nitrogens with zero attached hydrogens (tertiary/aromatic N) is 2. The highest BCUT2D eigenvalue weighted by Crippen LogP contribution is 2.40. The van der Waals surface area contributed by atoms with Crippen molar-refractivity contribution in [1.29, 1.82) is 0 Å². The Bertz CT molecular complexity index is 2120. The summed E-state index contributed by atoms with van der Waals surface area (Å²) < 4.78 is 71.5. The van der Waals surface area contributed by atoms with E-state index in [1.54, 1.807) is 11.0 Å². The van der Waals surface area contributed by atoms with Gasteiger partial charge in [-0.05, 0) is 84.8 Å². The fraction of sp³-hybridized carbons (Fsp3) is 0.452. The van der Waals surface area contributed by atoms with Crippen LogP contribution in [0.4, 0.5) is 4.79 Å². The highest BCUT2D eigenvalue weighted by molar-refractivity contribution is 7.89. The molecule has 3 saturated heterocycles. The molecule has 4 aromatic rings. The zero-order valence-electron chi connectivity index (χ0n) is 31.6. The Kier molecular flexibility index (Phi) is 10.4. The summed E-state index contributed by atoms with van der Waals surface area (Å²) in [6.07, 6.45) is -0.953. The average Bonchev–Trinajstić information content (AvgIpc) is 3.95. The lowest BCUT2D eigenvalue weighted by atomic mass is 9.99. The second kappa shape index (κ2) is 15.3. The van der Waals surface area contributed by atoms with Gasteiger partial charge in [0.25, 0.3) is 0 Å². The Labute approximate surface area is 322 Å². The molecule has 292 valence electrons. The van der Waals surface area contributed by atoms with Crippen LogP contribution in [-0.2, 0) is 42.0 Å². The molecule has 5 atom stereocenters. The summed E-state index contributed by atoms with van der Waals surface area (Å²) >= 11 is 0. The van der Waals surface area contributed by atoms with E-state index in [4.69, 9.17) is 33.2 Å². The van der Waals surface area contributed by atoms with Crippen molar-refractivity contribution in [3.8, 4) is 17.2 Å². The maximum Gasteiger partial charge on any atom is 0.412 e. The molecule has 12 nitrogen and oxygen atoms in total. The van der Waals surface area contributed by atoms with E-state index in [1.165, 1.54) is 21.8 Å². The molecule has 3 fully saturated rings. The first-order chi connectivity index (χ1) is 26.4. The predicted molar refractivity (Wildman–Crippen MR) is 203 cm³/mol. The number of ether oxygens (including phenoxy) is 7. The second-order valence-electron chi connectivity index (χ2n) is 15.5. The number of carbonyl (C=O) groups excluding carboxylic acids is 1. The second-order valence-corrected chi connectivity index (χ2v) is 17.5. The van der Waals surface area contributed by atoms with Crippen LogP contribution in [0.2, 0.25) is 0 Å². The Balaban J connectivity index is 1.05. The lowest BCUT2D eigenvalue weighted by Crippen LogP contribution is -2.51. The van der Waals surface area contributed by atoms with Crippen LogP contribution < -0.4 is 14.2 Å². The number of hydrogen-bond donors (Lipinski definition) is 0. The van der Waals surface area contributed by atoms with Crippen LogP contribution in [0.15, 0.2) is 89.8 Å². The van der Waals surface area contributed by atoms with E-state index in [0.717, 1.165) is 22.9 Å². The van der Waals surface area contributed by atoms with Gasteiger partial charge in [0.05, 0.1) is 36.2 Å². The van der Waals surface area contributed by atoms with Crippen molar-refractivity contribution >= 4 is 26.9 Å². The first-order valence-corrected chi connectivity index (χ1v) is 20.4. The van der Waals surface area contributed by atoms with Crippen molar-refractivity contribution in [2.24, 2.45) is 11.8 Å². The van der Waals surface area contributed by atoms with Crippen LogP contribution in [0.1, 0.15) is 45.2 Å². The smallest absolute Gasteiger partial charge is 0.412 e. The monoisotopic (exact) mass is 772 g/mol. The van der Waals surface area contributed by atoms with Gasteiger partial charge >= 0.3 is 6.09 Å². The van der Waals surface area contributed by atoms with Crippen LogP contribution in [0, 0.1) is 11.8 Å². The molecular formula is C42H48N2O10S. The van der Waals surface area contributed by atoms with E-state index in [9.17, 15) is 13.2 Å². The molecule has 0 aliphatic carbocycles. The number of fused-ring (bicyclic) bond motifs is 3. The highest BCUT2D eigenvalue weighted by atomic mass is 32.2. The molecule has 8 rings (SSSR count). The Morgan fingerprint density at radius 1 is 0.927 bits per heavy atom. The SMILES string of the molecule is CC(C)CN(C[C@@H]1OC(C)(C)N(C(=O)OC2CO[C@@H]3OCC[C@H]23)C1Cc1ccc(OCc2ccc3ccccc3c2)cc1)S(=O)(=O)c1ccc2c(c1)OCO2. The number of sulfonamides is 1. The lowest BCUT2D eigenvalue weighted by molar-refractivity contribution is -0.0911. The molecule has 4 aromatic carbocycles. The van der Waals surface area contributed by atoms with Gasteiger partial charge in [0.1, 0.15) is 24.2 Å². The minimum absolute atomic E-state index is 0.00353. The van der Waals surface area contributed by atoms with Gasteiger partial charge in [-0.2, -0.15) is 4.31 Å². The summed E-state index contributed by atoms with van der Waals surface area (Å²) in [7, 11) is -4.02. The van der Waals surface area contributed by atoms with Crippen LogP contribution in [0.5, 0.6) is 17.2 Å². The van der Waals surface area contributed by atoms with E-state index < -0.39 is 40.1 Å². The number of amides is 1. The molecular weight excluding hydrogens is 725 g/mol. The third-order valence-electron chi connectivity index (χ3n) is 10.7. The summed E-state index contributed by atoms with van der Waals surface area (Å²) in [6.45, 7) is 9.06. The maximum absolute atomic E-state index is 14.3. The number of rotatable bonds is 12. The minimum atomic E-state index is -4.02. The predicted octanol–water partition coefficient (Wildman–Crippen LogP) is 6.74. The van der Waals surface area contributed by atoms with Crippen molar-refractivity contribution in [2.45, 2.75) is 82.3 Å². The van der Waals surface area contributed by atoms with Crippen LogP contribution in [-0.4, -0.2) is 87.1 Å². The van der Waals surface area contributed by atoms with E-state index in [2.05, 4.69) is 30.3 Å². The summed E-state index contributed by atoms with van der Waals surface area (Å²) in [5.74, 6) is 1.55. The van der Waals surface area contributed by atoms with Crippen molar-refractivity contribution < 1.29 is 46.4 Å². The molecule has 55 heavy (non-hydrogen) atoms. The molecule has 0 saturated carbocycles. The van der Waals surface area contributed by atoms with Gasteiger partial charge in [-0.1, -0.05) is 62.4 Å². The van der Waals surface area contributed by atoms with Gasteiger partial charge < -0.3 is 33.2 Å².